The van der Waals surface area contributed by atoms with Crippen molar-refractivity contribution in [2.75, 3.05) is 6.54 Å². The van der Waals surface area contributed by atoms with Crippen LogP contribution in [0.1, 0.15) is 41.8 Å². The van der Waals surface area contributed by atoms with Crippen LogP contribution < -0.4 is 0 Å². The molecular weight excluding hydrogens is 406 g/mol. The van der Waals surface area contributed by atoms with Crippen LogP contribution in [0.4, 0.5) is 0 Å². The first-order valence-corrected chi connectivity index (χ1v) is 11.9. The second-order valence-corrected chi connectivity index (χ2v) is 9.73. The monoisotopic (exact) mass is 433 g/mol. The van der Waals surface area contributed by atoms with Gasteiger partial charge in [-0.2, -0.15) is 0 Å². The lowest BCUT2D eigenvalue weighted by Crippen LogP contribution is -2.41. The van der Waals surface area contributed by atoms with Gasteiger partial charge in [0, 0.05) is 36.6 Å². The standard InChI is InChI=1S/C25H27N3O2S/c1-16-20(17-5-3-2-4-6-17)11-13-26-23(16)24-27-21-12-14-28(15-22(21)31-24)19-9-7-18(8-10-19)25(29)30/h2-6,11,13,18-19H,7-10,12,14-15H2,1H3,(H,29,30). The minimum Gasteiger partial charge on any atom is -0.481 e. The largest absolute Gasteiger partial charge is 0.481 e. The first-order valence-electron chi connectivity index (χ1n) is 11.1. The van der Waals surface area contributed by atoms with Crippen LogP contribution in [0, 0.1) is 12.8 Å². The lowest BCUT2D eigenvalue weighted by atomic mass is 9.85. The van der Waals surface area contributed by atoms with Crippen LogP contribution in [0.2, 0.25) is 0 Å². The topological polar surface area (TPSA) is 66.3 Å². The fourth-order valence-corrected chi connectivity index (χ4v) is 6.19. The number of fused-ring (bicyclic) bond motifs is 1. The summed E-state index contributed by atoms with van der Waals surface area (Å²) in [6.07, 6.45) is 6.41. The molecule has 0 amide bonds. The number of aromatic nitrogens is 2. The predicted molar refractivity (Wildman–Crippen MR) is 123 cm³/mol. The van der Waals surface area contributed by atoms with Crippen LogP contribution in [0.3, 0.4) is 0 Å². The molecule has 3 aromatic rings. The number of thiazole rings is 1. The zero-order chi connectivity index (χ0) is 21.4. The molecule has 0 radical (unpaired) electrons. The number of hydrogen-bond donors (Lipinski definition) is 1. The van der Waals surface area contributed by atoms with Gasteiger partial charge in [-0.3, -0.25) is 14.7 Å². The highest BCUT2D eigenvalue weighted by Gasteiger charge is 2.32. The highest BCUT2D eigenvalue weighted by atomic mass is 32.1. The molecule has 0 atom stereocenters. The molecule has 1 saturated carbocycles. The molecule has 1 aliphatic carbocycles. The normalized spacial score (nSPS) is 21.6. The van der Waals surface area contributed by atoms with E-state index < -0.39 is 5.97 Å². The molecule has 5 rings (SSSR count). The number of pyridine rings is 1. The van der Waals surface area contributed by atoms with Crippen LogP contribution in [0.25, 0.3) is 21.8 Å². The summed E-state index contributed by atoms with van der Waals surface area (Å²) in [6.45, 7) is 4.07. The van der Waals surface area contributed by atoms with E-state index in [2.05, 4.69) is 42.2 Å². The maximum atomic E-state index is 11.3. The second kappa shape index (κ2) is 8.52. The predicted octanol–water partition coefficient (Wildman–Crippen LogP) is 5.18. The maximum Gasteiger partial charge on any atom is 0.306 e. The molecule has 6 heteroatoms. The number of carboxylic acids is 1. The average molecular weight is 434 g/mol. The van der Waals surface area contributed by atoms with Gasteiger partial charge in [-0.15, -0.1) is 11.3 Å². The van der Waals surface area contributed by atoms with E-state index >= 15 is 0 Å². The summed E-state index contributed by atoms with van der Waals surface area (Å²) in [5.41, 5.74) is 5.77. The zero-order valence-electron chi connectivity index (χ0n) is 17.8. The number of rotatable bonds is 4. The molecule has 0 unspecified atom stereocenters. The Kier molecular flexibility index (Phi) is 5.59. The van der Waals surface area contributed by atoms with Crippen LogP contribution in [-0.2, 0) is 17.8 Å². The Morgan fingerprint density at radius 2 is 1.90 bits per heavy atom. The minimum absolute atomic E-state index is 0.155. The van der Waals surface area contributed by atoms with Crippen molar-refractivity contribution in [2.45, 2.75) is 51.6 Å². The van der Waals surface area contributed by atoms with Crippen LogP contribution in [-0.4, -0.2) is 38.5 Å². The maximum absolute atomic E-state index is 11.3. The number of benzene rings is 1. The Morgan fingerprint density at radius 3 is 2.65 bits per heavy atom. The van der Waals surface area contributed by atoms with E-state index in [1.165, 1.54) is 27.3 Å². The first kappa shape index (κ1) is 20.3. The molecule has 1 aromatic carbocycles. The van der Waals surface area contributed by atoms with Crippen LogP contribution in [0.15, 0.2) is 42.6 Å². The van der Waals surface area contributed by atoms with Crippen molar-refractivity contribution in [1.82, 2.24) is 14.9 Å². The highest BCUT2D eigenvalue weighted by molar-refractivity contribution is 7.15. The molecule has 2 aliphatic rings. The molecule has 1 fully saturated rings. The quantitative estimate of drug-likeness (QED) is 0.614. The Hall–Kier alpha value is -2.57. The number of aliphatic carboxylic acids is 1. The lowest BCUT2D eigenvalue weighted by Gasteiger charge is -2.37. The zero-order valence-corrected chi connectivity index (χ0v) is 18.6. The smallest absolute Gasteiger partial charge is 0.306 e. The van der Waals surface area contributed by atoms with Gasteiger partial charge in [-0.05, 0) is 55.4 Å². The van der Waals surface area contributed by atoms with E-state index in [0.717, 1.165) is 55.9 Å². The van der Waals surface area contributed by atoms with Gasteiger partial charge in [0.2, 0.25) is 0 Å². The van der Waals surface area contributed by atoms with Crippen molar-refractivity contribution >= 4 is 17.3 Å². The third kappa shape index (κ3) is 4.02. The molecule has 0 spiro atoms. The number of carboxylic acid groups (broad SMARTS) is 1. The van der Waals surface area contributed by atoms with Crippen molar-refractivity contribution in [3.8, 4) is 21.8 Å². The summed E-state index contributed by atoms with van der Waals surface area (Å²) in [5.74, 6) is -0.787. The van der Waals surface area contributed by atoms with Crippen LogP contribution >= 0.6 is 11.3 Å². The van der Waals surface area contributed by atoms with E-state index in [4.69, 9.17) is 9.97 Å². The van der Waals surface area contributed by atoms with Crippen molar-refractivity contribution in [3.63, 3.8) is 0 Å². The molecule has 2 aromatic heterocycles. The minimum atomic E-state index is -0.632. The lowest BCUT2D eigenvalue weighted by molar-refractivity contribution is -0.143. The Bertz CT molecular complexity index is 1090. The van der Waals surface area contributed by atoms with Gasteiger partial charge in [-0.25, -0.2) is 4.98 Å². The molecule has 31 heavy (non-hydrogen) atoms. The van der Waals surface area contributed by atoms with E-state index in [1.807, 2.05) is 12.3 Å². The molecule has 0 saturated heterocycles. The molecule has 5 nitrogen and oxygen atoms in total. The van der Waals surface area contributed by atoms with Crippen molar-refractivity contribution < 1.29 is 9.90 Å². The second-order valence-electron chi connectivity index (χ2n) is 8.65. The summed E-state index contributed by atoms with van der Waals surface area (Å²) in [7, 11) is 0. The van der Waals surface area contributed by atoms with Gasteiger partial charge in [-0.1, -0.05) is 30.3 Å². The summed E-state index contributed by atoms with van der Waals surface area (Å²) in [5, 5.41) is 10.3. The number of nitrogens with zero attached hydrogens (tertiary/aromatic N) is 3. The van der Waals surface area contributed by atoms with E-state index in [1.54, 1.807) is 11.3 Å². The van der Waals surface area contributed by atoms with Gasteiger partial charge < -0.3 is 5.11 Å². The summed E-state index contributed by atoms with van der Waals surface area (Å²) in [4.78, 5) is 24.8. The molecule has 160 valence electrons. The van der Waals surface area contributed by atoms with E-state index in [0.29, 0.717) is 6.04 Å². The molecular formula is C25H27N3O2S. The number of carbonyl (C=O) groups is 1. The fraction of sp³-hybridized carbons (Fsp3) is 0.400. The van der Waals surface area contributed by atoms with E-state index in [9.17, 15) is 9.90 Å². The van der Waals surface area contributed by atoms with Gasteiger partial charge in [0.25, 0.3) is 0 Å². The Balaban J connectivity index is 1.36. The van der Waals surface area contributed by atoms with E-state index in [-0.39, 0.29) is 5.92 Å². The third-order valence-electron chi connectivity index (χ3n) is 6.81. The number of hydrogen-bond acceptors (Lipinski definition) is 5. The summed E-state index contributed by atoms with van der Waals surface area (Å²) >= 11 is 1.77. The van der Waals surface area contributed by atoms with Crippen molar-refractivity contribution in [3.05, 3.63) is 58.7 Å². The summed E-state index contributed by atoms with van der Waals surface area (Å²) in [6, 6.07) is 13.0. The molecule has 1 aliphatic heterocycles. The molecule has 1 N–H and O–H groups in total. The fourth-order valence-electron chi connectivity index (χ4n) is 5.00. The summed E-state index contributed by atoms with van der Waals surface area (Å²) < 4.78 is 0. The van der Waals surface area contributed by atoms with Crippen molar-refractivity contribution in [2.24, 2.45) is 5.92 Å². The first-order chi connectivity index (χ1) is 15.1. The van der Waals surface area contributed by atoms with Gasteiger partial charge in [0.15, 0.2) is 0 Å². The highest BCUT2D eigenvalue weighted by Crippen LogP contribution is 2.37. The van der Waals surface area contributed by atoms with Gasteiger partial charge >= 0.3 is 5.97 Å². The van der Waals surface area contributed by atoms with Crippen molar-refractivity contribution in [1.29, 1.82) is 0 Å². The molecule has 0 bridgehead atoms. The Morgan fingerprint density at radius 1 is 1.13 bits per heavy atom. The third-order valence-corrected chi connectivity index (χ3v) is 7.90. The van der Waals surface area contributed by atoms with Crippen LogP contribution in [0.5, 0.6) is 0 Å². The SMILES string of the molecule is Cc1c(-c2ccccc2)ccnc1-c1nc2c(s1)CN(C1CCC(C(=O)O)CC1)CC2. The average Bonchev–Trinajstić information content (AvgIpc) is 3.23. The van der Waals surface area contributed by atoms with Gasteiger partial charge in [0.05, 0.1) is 11.6 Å². The van der Waals surface area contributed by atoms with Gasteiger partial charge in [0.1, 0.15) is 10.7 Å². The molecule has 3 heterocycles. The Labute approximate surface area is 186 Å².